The SMILES string of the molecule is NNC(=O)CCCCN1C(=O)CCCc2ccccc21. The Morgan fingerprint density at radius 2 is 2.05 bits per heavy atom. The molecule has 2 rings (SSSR count). The van der Waals surface area contributed by atoms with Gasteiger partial charge >= 0.3 is 0 Å². The van der Waals surface area contributed by atoms with Crippen LogP contribution in [0.3, 0.4) is 0 Å². The van der Waals surface area contributed by atoms with Crippen molar-refractivity contribution in [3.8, 4) is 0 Å². The molecule has 2 amide bonds. The lowest BCUT2D eigenvalue weighted by atomic mass is 10.1. The van der Waals surface area contributed by atoms with Crippen LogP contribution in [0.5, 0.6) is 0 Å². The average Bonchev–Trinajstić information content (AvgIpc) is 2.62. The second kappa shape index (κ2) is 7.05. The molecule has 0 fully saturated rings. The van der Waals surface area contributed by atoms with Crippen molar-refractivity contribution in [2.45, 2.75) is 38.5 Å². The van der Waals surface area contributed by atoms with E-state index in [9.17, 15) is 9.59 Å². The summed E-state index contributed by atoms with van der Waals surface area (Å²) in [4.78, 5) is 25.1. The lowest BCUT2D eigenvalue weighted by Crippen LogP contribution is -2.32. The van der Waals surface area contributed by atoms with E-state index in [2.05, 4.69) is 11.5 Å². The highest BCUT2D eigenvalue weighted by Gasteiger charge is 2.21. The van der Waals surface area contributed by atoms with Gasteiger partial charge in [-0.3, -0.25) is 15.0 Å². The molecule has 1 aromatic rings. The molecule has 108 valence electrons. The van der Waals surface area contributed by atoms with E-state index < -0.39 is 0 Å². The van der Waals surface area contributed by atoms with Crippen LogP contribution < -0.4 is 16.2 Å². The van der Waals surface area contributed by atoms with Gasteiger partial charge in [0.05, 0.1) is 0 Å². The van der Waals surface area contributed by atoms with Crippen molar-refractivity contribution in [2.24, 2.45) is 5.84 Å². The van der Waals surface area contributed by atoms with Crippen molar-refractivity contribution >= 4 is 17.5 Å². The Kier molecular flexibility index (Phi) is 5.12. The number of benzene rings is 1. The maximum absolute atomic E-state index is 12.2. The fraction of sp³-hybridized carbons (Fsp3) is 0.467. The van der Waals surface area contributed by atoms with Gasteiger partial charge in [0.15, 0.2) is 0 Å². The lowest BCUT2D eigenvalue weighted by molar-refractivity contribution is -0.121. The normalized spacial score (nSPS) is 14.7. The Labute approximate surface area is 119 Å². The number of anilines is 1. The fourth-order valence-corrected chi connectivity index (χ4v) is 2.56. The molecule has 0 aliphatic carbocycles. The molecule has 5 nitrogen and oxygen atoms in total. The number of rotatable bonds is 5. The van der Waals surface area contributed by atoms with Gasteiger partial charge in [-0.25, -0.2) is 5.84 Å². The Morgan fingerprint density at radius 3 is 2.85 bits per heavy atom. The molecule has 1 aromatic carbocycles. The van der Waals surface area contributed by atoms with Gasteiger partial charge in [0.25, 0.3) is 0 Å². The molecule has 1 heterocycles. The first-order chi connectivity index (χ1) is 9.72. The van der Waals surface area contributed by atoms with Crippen LogP contribution in [-0.2, 0) is 16.0 Å². The molecule has 0 saturated carbocycles. The molecular formula is C15H21N3O2. The number of unbranched alkanes of at least 4 members (excludes halogenated alkanes) is 1. The van der Waals surface area contributed by atoms with Crippen LogP contribution in [-0.4, -0.2) is 18.4 Å². The van der Waals surface area contributed by atoms with E-state index in [1.54, 1.807) is 0 Å². The van der Waals surface area contributed by atoms with Crippen LogP contribution in [0.4, 0.5) is 5.69 Å². The number of nitrogens with two attached hydrogens (primary N) is 1. The van der Waals surface area contributed by atoms with Gasteiger partial charge in [0.2, 0.25) is 11.8 Å². The second-order valence-electron chi connectivity index (χ2n) is 5.05. The minimum Gasteiger partial charge on any atom is -0.312 e. The maximum Gasteiger partial charge on any atom is 0.233 e. The molecule has 0 aromatic heterocycles. The predicted octanol–water partition coefficient (Wildman–Crippen LogP) is 1.52. The Balaban J connectivity index is 1.98. The van der Waals surface area contributed by atoms with Crippen molar-refractivity contribution in [1.82, 2.24) is 5.43 Å². The summed E-state index contributed by atoms with van der Waals surface area (Å²) in [5.74, 6) is 5.06. The molecule has 3 N–H and O–H groups in total. The monoisotopic (exact) mass is 275 g/mol. The summed E-state index contributed by atoms with van der Waals surface area (Å²) in [6.07, 6.45) is 4.39. The molecule has 0 spiro atoms. The topological polar surface area (TPSA) is 75.4 Å². The lowest BCUT2D eigenvalue weighted by Gasteiger charge is -2.23. The number of carbonyl (C=O) groups is 2. The van der Waals surface area contributed by atoms with Crippen LogP contribution in [0.2, 0.25) is 0 Å². The summed E-state index contributed by atoms with van der Waals surface area (Å²) in [5, 5.41) is 0. The van der Waals surface area contributed by atoms with Crippen LogP contribution >= 0.6 is 0 Å². The van der Waals surface area contributed by atoms with Crippen LogP contribution in [0.15, 0.2) is 24.3 Å². The van der Waals surface area contributed by atoms with E-state index in [1.807, 2.05) is 23.1 Å². The van der Waals surface area contributed by atoms with E-state index >= 15 is 0 Å². The highest BCUT2D eigenvalue weighted by atomic mass is 16.2. The fourth-order valence-electron chi connectivity index (χ4n) is 2.56. The molecule has 0 bridgehead atoms. The molecule has 0 radical (unpaired) electrons. The smallest absolute Gasteiger partial charge is 0.233 e. The standard InChI is InChI=1S/C15H21N3O2/c16-17-14(19)9-3-4-11-18-13-8-2-1-6-12(13)7-5-10-15(18)20/h1-2,6,8H,3-5,7,9-11,16H2,(H,17,19). The highest BCUT2D eigenvalue weighted by Crippen LogP contribution is 2.27. The molecule has 20 heavy (non-hydrogen) atoms. The Morgan fingerprint density at radius 1 is 1.25 bits per heavy atom. The summed E-state index contributed by atoms with van der Waals surface area (Å²) < 4.78 is 0. The largest absolute Gasteiger partial charge is 0.312 e. The molecule has 1 aliphatic heterocycles. The van der Waals surface area contributed by atoms with Crippen molar-refractivity contribution < 1.29 is 9.59 Å². The predicted molar refractivity (Wildman–Crippen MR) is 77.9 cm³/mol. The van der Waals surface area contributed by atoms with Crippen molar-refractivity contribution in [1.29, 1.82) is 0 Å². The third-order valence-electron chi connectivity index (χ3n) is 3.62. The van der Waals surface area contributed by atoms with Gasteiger partial charge in [-0.2, -0.15) is 0 Å². The zero-order chi connectivity index (χ0) is 14.4. The van der Waals surface area contributed by atoms with Crippen molar-refractivity contribution in [2.75, 3.05) is 11.4 Å². The number of para-hydroxylation sites is 1. The third kappa shape index (κ3) is 3.57. The first kappa shape index (κ1) is 14.5. The van der Waals surface area contributed by atoms with Gasteiger partial charge in [-0.15, -0.1) is 0 Å². The first-order valence-corrected chi connectivity index (χ1v) is 7.10. The van der Waals surface area contributed by atoms with Crippen molar-refractivity contribution in [3.63, 3.8) is 0 Å². The number of hydrazine groups is 1. The molecule has 0 atom stereocenters. The van der Waals surface area contributed by atoms with Gasteiger partial charge in [-0.05, 0) is 37.3 Å². The van der Waals surface area contributed by atoms with E-state index in [1.165, 1.54) is 5.56 Å². The zero-order valence-corrected chi connectivity index (χ0v) is 11.6. The quantitative estimate of drug-likeness (QED) is 0.370. The van der Waals surface area contributed by atoms with Crippen LogP contribution in [0.1, 0.15) is 37.7 Å². The summed E-state index contributed by atoms with van der Waals surface area (Å²) in [6, 6.07) is 8.07. The minimum atomic E-state index is -0.160. The van der Waals surface area contributed by atoms with Crippen molar-refractivity contribution in [3.05, 3.63) is 29.8 Å². The Hall–Kier alpha value is -1.88. The van der Waals surface area contributed by atoms with Crippen LogP contribution in [0, 0.1) is 0 Å². The van der Waals surface area contributed by atoms with Gasteiger partial charge < -0.3 is 4.90 Å². The summed E-state index contributed by atoms with van der Waals surface area (Å²) in [5.41, 5.74) is 4.38. The number of amides is 2. The average molecular weight is 275 g/mol. The zero-order valence-electron chi connectivity index (χ0n) is 11.6. The molecule has 0 saturated heterocycles. The van der Waals surface area contributed by atoms with Gasteiger partial charge in [0, 0.05) is 25.1 Å². The molecule has 5 heteroatoms. The molecular weight excluding hydrogens is 254 g/mol. The number of nitrogens with one attached hydrogen (secondary N) is 1. The van der Waals surface area contributed by atoms with Gasteiger partial charge in [0.1, 0.15) is 0 Å². The number of hydrogen-bond acceptors (Lipinski definition) is 3. The number of nitrogens with zero attached hydrogens (tertiary/aromatic N) is 1. The number of aryl methyl sites for hydroxylation is 1. The molecule has 1 aliphatic rings. The molecule has 0 unspecified atom stereocenters. The van der Waals surface area contributed by atoms with Crippen LogP contribution in [0.25, 0.3) is 0 Å². The third-order valence-corrected chi connectivity index (χ3v) is 3.62. The number of hydrogen-bond donors (Lipinski definition) is 2. The van der Waals surface area contributed by atoms with Gasteiger partial charge in [-0.1, -0.05) is 18.2 Å². The first-order valence-electron chi connectivity index (χ1n) is 7.10. The van der Waals surface area contributed by atoms with E-state index in [0.717, 1.165) is 31.4 Å². The number of fused-ring (bicyclic) bond motifs is 1. The summed E-state index contributed by atoms with van der Waals surface area (Å²) >= 11 is 0. The van der Waals surface area contributed by atoms with E-state index in [-0.39, 0.29) is 11.8 Å². The van der Waals surface area contributed by atoms with E-state index in [4.69, 9.17) is 5.84 Å². The highest BCUT2D eigenvalue weighted by molar-refractivity contribution is 5.94. The number of carbonyl (C=O) groups excluding carboxylic acids is 2. The summed E-state index contributed by atoms with van der Waals surface area (Å²) in [7, 11) is 0. The van der Waals surface area contributed by atoms with E-state index in [0.29, 0.717) is 19.4 Å². The summed E-state index contributed by atoms with van der Waals surface area (Å²) in [6.45, 7) is 0.660. The second-order valence-corrected chi connectivity index (χ2v) is 5.05. The minimum absolute atomic E-state index is 0.160. The Bertz CT molecular complexity index is 488. The maximum atomic E-state index is 12.2.